The van der Waals surface area contributed by atoms with Crippen molar-refractivity contribution in [1.29, 1.82) is 0 Å². The highest BCUT2D eigenvalue weighted by molar-refractivity contribution is 9.09. The summed E-state index contributed by atoms with van der Waals surface area (Å²) in [5.74, 6) is 0.448. The van der Waals surface area contributed by atoms with E-state index in [9.17, 15) is 13.5 Å². The second-order valence-corrected chi connectivity index (χ2v) is 6.21. The van der Waals surface area contributed by atoms with Gasteiger partial charge in [0.15, 0.2) is 9.84 Å². The van der Waals surface area contributed by atoms with Crippen molar-refractivity contribution in [1.82, 2.24) is 4.90 Å². The standard InChI is InChI=1S/C7H14BrNO3S/c8-5-7(10)6-9-1-3-13(11,12)4-2-9/h7,10H,1-6H2. The van der Waals surface area contributed by atoms with Gasteiger partial charge in [-0.1, -0.05) is 15.9 Å². The molecular formula is C7H14BrNO3S. The Kier molecular flexibility index (Phi) is 4.15. The lowest BCUT2D eigenvalue weighted by molar-refractivity contribution is 0.136. The molecule has 6 heteroatoms. The summed E-state index contributed by atoms with van der Waals surface area (Å²) in [6, 6.07) is 0. The molecular weight excluding hydrogens is 258 g/mol. The summed E-state index contributed by atoms with van der Waals surface area (Å²) in [6.07, 6.45) is -0.402. The zero-order valence-electron chi connectivity index (χ0n) is 7.32. The summed E-state index contributed by atoms with van der Waals surface area (Å²) in [4.78, 5) is 1.98. The first-order valence-corrected chi connectivity index (χ1v) is 7.14. The van der Waals surface area contributed by atoms with E-state index in [2.05, 4.69) is 15.9 Å². The van der Waals surface area contributed by atoms with Crippen LogP contribution in [-0.4, -0.2) is 61.0 Å². The molecule has 1 unspecified atom stereocenters. The fourth-order valence-electron chi connectivity index (χ4n) is 1.28. The molecule has 0 radical (unpaired) electrons. The SMILES string of the molecule is O=S1(=O)CCN(CC(O)CBr)CC1. The Hall–Kier alpha value is 0.350. The van der Waals surface area contributed by atoms with Gasteiger partial charge in [-0.25, -0.2) is 8.42 Å². The van der Waals surface area contributed by atoms with E-state index in [0.29, 0.717) is 25.0 Å². The topological polar surface area (TPSA) is 57.6 Å². The van der Waals surface area contributed by atoms with Crippen molar-refractivity contribution in [3.05, 3.63) is 0 Å². The molecule has 0 aromatic carbocycles. The molecule has 1 N–H and O–H groups in total. The Morgan fingerprint density at radius 1 is 1.38 bits per heavy atom. The third kappa shape index (κ3) is 3.93. The summed E-state index contributed by atoms with van der Waals surface area (Å²) in [6.45, 7) is 1.65. The molecule has 1 fully saturated rings. The molecule has 78 valence electrons. The largest absolute Gasteiger partial charge is 0.391 e. The van der Waals surface area contributed by atoms with Crippen LogP contribution >= 0.6 is 15.9 Å². The Morgan fingerprint density at radius 3 is 2.38 bits per heavy atom. The lowest BCUT2D eigenvalue weighted by Gasteiger charge is -2.27. The fraction of sp³-hybridized carbons (Fsp3) is 1.00. The van der Waals surface area contributed by atoms with Crippen molar-refractivity contribution in [2.45, 2.75) is 6.10 Å². The Bertz CT molecular complexity index is 240. The third-order valence-electron chi connectivity index (χ3n) is 2.08. The molecule has 0 saturated carbocycles. The molecule has 13 heavy (non-hydrogen) atoms. The predicted octanol–water partition coefficient (Wildman–Crippen LogP) is -0.527. The van der Waals surface area contributed by atoms with E-state index < -0.39 is 15.9 Å². The average Bonchev–Trinajstić information content (AvgIpc) is 2.08. The van der Waals surface area contributed by atoms with Gasteiger partial charge in [-0.2, -0.15) is 0 Å². The number of hydrogen-bond donors (Lipinski definition) is 1. The smallest absolute Gasteiger partial charge is 0.152 e. The summed E-state index contributed by atoms with van der Waals surface area (Å²) < 4.78 is 22.1. The van der Waals surface area contributed by atoms with Crippen LogP contribution in [0.4, 0.5) is 0 Å². The van der Waals surface area contributed by atoms with Gasteiger partial charge in [-0.3, -0.25) is 4.90 Å². The third-order valence-corrected chi connectivity index (χ3v) is 4.44. The van der Waals surface area contributed by atoms with Crippen LogP contribution in [0, 0.1) is 0 Å². The zero-order chi connectivity index (χ0) is 9.90. The van der Waals surface area contributed by atoms with Crippen molar-refractivity contribution >= 4 is 25.8 Å². The number of hydrogen-bond acceptors (Lipinski definition) is 4. The first-order chi connectivity index (χ1) is 6.03. The van der Waals surface area contributed by atoms with Crippen molar-refractivity contribution in [3.8, 4) is 0 Å². The van der Waals surface area contributed by atoms with Crippen molar-refractivity contribution in [2.75, 3.05) is 36.5 Å². The van der Waals surface area contributed by atoms with Crippen LogP contribution in [0.3, 0.4) is 0 Å². The number of sulfone groups is 1. The monoisotopic (exact) mass is 271 g/mol. The van der Waals surface area contributed by atoms with Gasteiger partial charge >= 0.3 is 0 Å². The summed E-state index contributed by atoms with van der Waals surface area (Å²) in [7, 11) is -2.79. The number of alkyl halides is 1. The molecule has 4 nitrogen and oxygen atoms in total. The van der Waals surface area contributed by atoms with Gasteiger partial charge in [0.25, 0.3) is 0 Å². The highest BCUT2D eigenvalue weighted by Crippen LogP contribution is 2.05. The summed E-state index contributed by atoms with van der Waals surface area (Å²) in [5.41, 5.74) is 0. The zero-order valence-corrected chi connectivity index (χ0v) is 9.72. The maximum atomic E-state index is 11.1. The van der Waals surface area contributed by atoms with Gasteiger partial charge in [0.2, 0.25) is 0 Å². The second kappa shape index (κ2) is 4.72. The highest BCUT2D eigenvalue weighted by Gasteiger charge is 2.22. The van der Waals surface area contributed by atoms with Gasteiger partial charge in [0.1, 0.15) is 0 Å². The lowest BCUT2D eigenvalue weighted by Crippen LogP contribution is -2.44. The molecule has 1 aliphatic heterocycles. The van der Waals surface area contributed by atoms with Crippen LogP contribution in [0.2, 0.25) is 0 Å². The molecule has 1 rings (SSSR count). The molecule has 0 amide bonds. The molecule has 1 heterocycles. The van der Waals surface area contributed by atoms with Gasteiger partial charge in [0.05, 0.1) is 17.6 Å². The van der Waals surface area contributed by atoms with Gasteiger partial charge in [-0.05, 0) is 0 Å². The fourth-order valence-corrected chi connectivity index (χ4v) is 2.76. The second-order valence-electron chi connectivity index (χ2n) is 3.26. The molecule has 0 bridgehead atoms. The maximum absolute atomic E-state index is 11.1. The van der Waals surface area contributed by atoms with E-state index in [0.717, 1.165) is 0 Å². The van der Waals surface area contributed by atoms with Crippen molar-refractivity contribution in [3.63, 3.8) is 0 Å². The quantitative estimate of drug-likeness (QED) is 0.702. The number of β-amino-alcohol motifs (C(OH)–C–C–N with tert-alkyl or cyclic N) is 1. The van der Waals surface area contributed by atoms with Crippen LogP contribution in [0.15, 0.2) is 0 Å². The van der Waals surface area contributed by atoms with Gasteiger partial charge in [0, 0.05) is 25.0 Å². The van der Waals surface area contributed by atoms with E-state index in [-0.39, 0.29) is 11.5 Å². The molecule has 1 aliphatic rings. The van der Waals surface area contributed by atoms with Crippen molar-refractivity contribution < 1.29 is 13.5 Å². The maximum Gasteiger partial charge on any atom is 0.152 e. The minimum atomic E-state index is -2.79. The van der Waals surface area contributed by atoms with E-state index >= 15 is 0 Å². The molecule has 0 aromatic rings. The molecule has 1 saturated heterocycles. The van der Waals surface area contributed by atoms with Gasteiger partial charge < -0.3 is 5.11 Å². The van der Waals surface area contributed by atoms with E-state index in [1.807, 2.05) is 4.90 Å². The van der Waals surface area contributed by atoms with Crippen LogP contribution in [0.1, 0.15) is 0 Å². The molecule has 1 atom stereocenters. The number of halogens is 1. The van der Waals surface area contributed by atoms with Crippen LogP contribution in [0.25, 0.3) is 0 Å². The average molecular weight is 272 g/mol. The first-order valence-electron chi connectivity index (χ1n) is 4.20. The van der Waals surface area contributed by atoms with E-state index in [1.54, 1.807) is 0 Å². The molecule has 0 aliphatic carbocycles. The number of aliphatic hydroxyl groups is 1. The number of rotatable bonds is 3. The van der Waals surface area contributed by atoms with E-state index in [1.165, 1.54) is 0 Å². The van der Waals surface area contributed by atoms with E-state index in [4.69, 9.17) is 0 Å². The number of aliphatic hydroxyl groups excluding tert-OH is 1. The van der Waals surface area contributed by atoms with Crippen LogP contribution < -0.4 is 0 Å². The molecule has 0 aromatic heterocycles. The Balaban J connectivity index is 2.33. The van der Waals surface area contributed by atoms with Gasteiger partial charge in [-0.15, -0.1) is 0 Å². The minimum absolute atomic E-state index is 0.224. The van der Waals surface area contributed by atoms with Crippen molar-refractivity contribution in [2.24, 2.45) is 0 Å². The highest BCUT2D eigenvalue weighted by atomic mass is 79.9. The number of nitrogens with zero attached hydrogens (tertiary/aromatic N) is 1. The normalized spacial score (nSPS) is 25.7. The summed E-state index contributed by atoms with van der Waals surface area (Å²) in [5, 5.41) is 9.84. The summed E-state index contributed by atoms with van der Waals surface area (Å²) >= 11 is 3.17. The molecule has 0 spiro atoms. The predicted molar refractivity (Wildman–Crippen MR) is 54.9 cm³/mol. The van der Waals surface area contributed by atoms with Crippen LogP contribution in [0.5, 0.6) is 0 Å². The van der Waals surface area contributed by atoms with Crippen LogP contribution in [-0.2, 0) is 9.84 Å². The Labute approximate surface area is 87.0 Å². The first kappa shape index (κ1) is 11.4. The Morgan fingerprint density at radius 2 is 1.92 bits per heavy atom. The lowest BCUT2D eigenvalue weighted by atomic mass is 10.3. The minimum Gasteiger partial charge on any atom is -0.391 e.